The quantitative estimate of drug-likeness (QED) is 0.706. The average molecular weight is 264 g/mol. The van der Waals surface area contributed by atoms with Gasteiger partial charge < -0.3 is 9.47 Å². The van der Waals surface area contributed by atoms with Gasteiger partial charge in [-0.05, 0) is 17.5 Å². The SMILES string of the molecule is COCCOC1CN(Cc2ccc(C(C)C)cn2)C1. The molecule has 0 unspecified atom stereocenters. The monoisotopic (exact) mass is 264 g/mol. The van der Waals surface area contributed by atoms with Crippen molar-refractivity contribution in [3.63, 3.8) is 0 Å². The standard InChI is InChI=1S/C15H24N2O2/c1-12(2)13-4-5-14(16-8-13)9-17-10-15(11-17)19-7-6-18-3/h4-5,8,12,15H,6-7,9-11H2,1-3H3. The molecule has 0 spiro atoms. The van der Waals surface area contributed by atoms with E-state index in [0.717, 1.165) is 25.3 Å². The summed E-state index contributed by atoms with van der Waals surface area (Å²) in [5, 5.41) is 0. The highest BCUT2D eigenvalue weighted by atomic mass is 16.5. The van der Waals surface area contributed by atoms with E-state index in [2.05, 4.69) is 35.9 Å². The van der Waals surface area contributed by atoms with E-state index in [1.807, 2.05) is 6.20 Å². The van der Waals surface area contributed by atoms with Crippen molar-refractivity contribution < 1.29 is 9.47 Å². The predicted octanol–water partition coefficient (Wildman–Crippen LogP) is 2.05. The lowest BCUT2D eigenvalue weighted by atomic mass is 10.1. The Bertz CT molecular complexity index is 372. The smallest absolute Gasteiger partial charge is 0.0830 e. The van der Waals surface area contributed by atoms with Crippen LogP contribution in [0.15, 0.2) is 18.3 Å². The molecule has 0 saturated carbocycles. The van der Waals surface area contributed by atoms with Crippen molar-refractivity contribution in [3.05, 3.63) is 29.6 Å². The van der Waals surface area contributed by atoms with Gasteiger partial charge in [-0.25, -0.2) is 0 Å². The van der Waals surface area contributed by atoms with E-state index in [-0.39, 0.29) is 0 Å². The summed E-state index contributed by atoms with van der Waals surface area (Å²) in [6, 6.07) is 4.31. The Hall–Kier alpha value is -0.970. The topological polar surface area (TPSA) is 34.6 Å². The second-order valence-corrected chi connectivity index (χ2v) is 5.42. The molecule has 19 heavy (non-hydrogen) atoms. The number of hydrogen-bond donors (Lipinski definition) is 0. The van der Waals surface area contributed by atoms with Crippen LogP contribution >= 0.6 is 0 Å². The van der Waals surface area contributed by atoms with Crippen LogP contribution in [0.5, 0.6) is 0 Å². The number of pyridine rings is 1. The van der Waals surface area contributed by atoms with Gasteiger partial charge in [0.2, 0.25) is 0 Å². The number of ether oxygens (including phenoxy) is 2. The van der Waals surface area contributed by atoms with Crippen molar-refractivity contribution in [1.29, 1.82) is 0 Å². The lowest BCUT2D eigenvalue weighted by Crippen LogP contribution is -2.51. The Kier molecular flexibility index (Phi) is 5.31. The summed E-state index contributed by atoms with van der Waals surface area (Å²) >= 11 is 0. The molecule has 2 rings (SSSR count). The molecule has 0 N–H and O–H groups in total. The van der Waals surface area contributed by atoms with Crippen LogP contribution in [0.25, 0.3) is 0 Å². The zero-order chi connectivity index (χ0) is 13.7. The third-order valence-corrected chi connectivity index (χ3v) is 3.46. The van der Waals surface area contributed by atoms with Gasteiger partial charge in [0.05, 0.1) is 25.0 Å². The molecule has 4 nitrogen and oxygen atoms in total. The summed E-state index contributed by atoms with van der Waals surface area (Å²) in [5.41, 5.74) is 2.44. The van der Waals surface area contributed by atoms with Crippen LogP contribution in [-0.2, 0) is 16.0 Å². The minimum atomic E-state index is 0.366. The van der Waals surface area contributed by atoms with Gasteiger partial charge in [-0.15, -0.1) is 0 Å². The second kappa shape index (κ2) is 6.98. The summed E-state index contributed by atoms with van der Waals surface area (Å²) in [6.45, 7) is 8.66. The minimum Gasteiger partial charge on any atom is -0.382 e. The summed E-state index contributed by atoms with van der Waals surface area (Å²) in [6.07, 6.45) is 2.36. The first-order valence-corrected chi connectivity index (χ1v) is 6.96. The maximum absolute atomic E-state index is 5.65. The van der Waals surface area contributed by atoms with Crippen LogP contribution < -0.4 is 0 Å². The van der Waals surface area contributed by atoms with Gasteiger partial charge in [0.1, 0.15) is 0 Å². The Labute approximate surface area is 115 Å². The van der Waals surface area contributed by atoms with Gasteiger partial charge in [-0.3, -0.25) is 9.88 Å². The maximum Gasteiger partial charge on any atom is 0.0830 e. The fraction of sp³-hybridized carbons (Fsp3) is 0.667. The Balaban J connectivity index is 1.69. The molecule has 106 valence electrons. The predicted molar refractivity (Wildman–Crippen MR) is 75.2 cm³/mol. The minimum absolute atomic E-state index is 0.366. The zero-order valence-corrected chi connectivity index (χ0v) is 12.1. The van der Waals surface area contributed by atoms with E-state index in [9.17, 15) is 0 Å². The molecule has 0 bridgehead atoms. The molecule has 1 saturated heterocycles. The van der Waals surface area contributed by atoms with Crippen LogP contribution in [0.2, 0.25) is 0 Å². The average Bonchev–Trinajstić information content (AvgIpc) is 2.36. The van der Waals surface area contributed by atoms with Crippen molar-refractivity contribution >= 4 is 0 Å². The first-order valence-electron chi connectivity index (χ1n) is 6.96. The fourth-order valence-electron chi connectivity index (χ4n) is 2.16. The lowest BCUT2D eigenvalue weighted by molar-refractivity contribution is -0.0702. The largest absolute Gasteiger partial charge is 0.382 e. The zero-order valence-electron chi connectivity index (χ0n) is 12.1. The molecule has 1 aromatic heterocycles. The Morgan fingerprint density at radius 3 is 2.68 bits per heavy atom. The molecule has 1 fully saturated rings. The molecule has 0 aromatic carbocycles. The number of nitrogens with zero attached hydrogens (tertiary/aromatic N) is 2. The Morgan fingerprint density at radius 1 is 1.32 bits per heavy atom. The molecule has 4 heteroatoms. The maximum atomic E-state index is 5.65. The first kappa shape index (κ1) is 14.4. The number of methoxy groups -OCH3 is 1. The van der Waals surface area contributed by atoms with Gasteiger partial charge in [0.25, 0.3) is 0 Å². The summed E-state index contributed by atoms with van der Waals surface area (Å²) in [5.74, 6) is 0.545. The van der Waals surface area contributed by atoms with E-state index in [0.29, 0.717) is 25.2 Å². The van der Waals surface area contributed by atoms with Crippen LogP contribution in [-0.4, -0.2) is 49.4 Å². The molecule has 0 atom stereocenters. The van der Waals surface area contributed by atoms with Crippen molar-refractivity contribution in [1.82, 2.24) is 9.88 Å². The molecule has 0 amide bonds. The normalized spacial score (nSPS) is 16.8. The molecular formula is C15H24N2O2. The highest BCUT2D eigenvalue weighted by Crippen LogP contribution is 2.17. The molecular weight excluding hydrogens is 240 g/mol. The summed E-state index contributed by atoms with van der Waals surface area (Å²) in [4.78, 5) is 6.88. The van der Waals surface area contributed by atoms with E-state index in [1.165, 1.54) is 5.56 Å². The van der Waals surface area contributed by atoms with Crippen LogP contribution in [0, 0.1) is 0 Å². The third-order valence-electron chi connectivity index (χ3n) is 3.46. The van der Waals surface area contributed by atoms with Gasteiger partial charge in [0, 0.05) is 32.9 Å². The highest BCUT2D eigenvalue weighted by molar-refractivity contribution is 5.17. The molecule has 0 radical (unpaired) electrons. The van der Waals surface area contributed by atoms with Crippen LogP contribution in [0.4, 0.5) is 0 Å². The molecule has 0 aliphatic carbocycles. The molecule has 1 aliphatic rings. The van der Waals surface area contributed by atoms with Crippen molar-refractivity contribution in [2.24, 2.45) is 0 Å². The molecule has 2 heterocycles. The molecule has 1 aromatic rings. The van der Waals surface area contributed by atoms with E-state index in [4.69, 9.17) is 9.47 Å². The van der Waals surface area contributed by atoms with E-state index < -0.39 is 0 Å². The van der Waals surface area contributed by atoms with E-state index in [1.54, 1.807) is 7.11 Å². The van der Waals surface area contributed by atoms with Gasteiger partial charge in [-0.1, -0.05) is 19.9 Å². The second-order valence-electron chi connectivity index (χ2n) is 5.42. The summed E-state index contributed by atoms with van der Waals surface area (Å²) in [7, 11) is 1.70. The number of aromatic nitrogens is 1. The van der Waals surface area contributed by atoms with Crippen molar-refractivity contribution in [3.8, 4) is 0 Å². The van der Waals surface area contributed by atoms with Gasteiger partial charge in [-0.2, -0.15) is 0 Å². The first-order chi connectivity index (χ1) is 9.19. The van der Waals surface area contributed by atoms with Gasteiger partial charge >= 0.3 is 0 Å². The fourth-order valence-corrected chi connectivity index (χ4v) is 2.16. The molecule has 1 aliphatic heterocycles. The summed E-state index contributed by atoms with van der Waals surface area (Å²) < 4.78 is 10.6. The third kappa shape index (κ3) is 4.27. The van der Waals surface area contributed by atoms with Crippen LogP contribution in [0.1, 0.15) is 31.0 Å². The number of hydrogen-bond acceptors (Lipinski definition) is 4. The van der Waals surface area contributed by atoms with E-state index >= 15 is 0 Å². The van der Waals surface area contributed by atoms with Gasteiger partial charge in [0.15, 0.2) is 0 Å². The number of rotatable bonds is 7. The Morgan fingerprint density at radius 2 is 2.11 bits per heavy atom. The van der Waals surface area contributed by atoms with Crippen LogP contribution in [0.3, 0.4) is 0 Å². The van der Waals surface area contributed by atoms with Crippen molar-refractivity contribution in [2.45, 2.75) is 32.4 Å². The van der Waals surface area contributed by atoms with Crippen molar-refractivity contribution in [2.75, 3.05) is 33.4 Å². The highest BCUT2D eigenvalue weighted by Gasteiger charge is 2.27. The lowest BCUT2D eigenvalue weighted by Gasteiger charge is -2.38. The number of likely N-dealkylation sites (tertiary alicyclic amines) is 1.